The van der Waals surface area contributed by atoms with E-state index < -0.39 is 0 Å². The van der Waals surface area contributed by atoms with Crippen LogP contribution in [0.1, 0.15) is 6.92 Å². The molecule has 0 aliphatic heterocycles. The number of furan rings is 1. The zero-order valence-electron chi connectivity index (χ0n) is 19.8. The number of rotatable bonds is 4. The Morgan fingerprint density at radius 3 is 1.61 bits per heavy atom. The van der Waals surface area contributed by atoms with Crippen LogP contribution in [0.4, 0.5) is 0 Å². The van der Waals surface area contributed by atoms with Crippen LogP contribution in [0.15, 0.2) is 108 Å². The topological polar surface area (TPSA) is 51.8 Å². The van der Waals surface area contributed by atoms with Crippen LogP contribution in [0.5, 0.6) is 0 Å². The molecular weight excluding hydrogens is 442 g/mol. The minimum atomic E-state index is 0.633. The van der Waals surface area contributed by atoms with Gasteiger partial charge in [-0.15, -0.1) is 0 Å². The van der Waals surface area contributed by atoms with Crippen LogP contribution in [-0.4, -0.2) is 15.0 Å². The summed E-state index contributed by atoms with van der Waals surface area (Å²) >= 11 is 0. The van der Waals surface area contributed by atoms with Gasteiger partial charge in [-0.1, -0.05) is 116 Å². The molecule has 36 heavy (non-hydrogen) atoms. The number of para-hydroxylation sites is 1. The van der Waals surface area contributed by atoms with Crippen molar-refractivity contribution < 1.29 is 4.42 Å². The van der Waals surface area contributed by atoms with Crippen LogP contribution < -0.4 is 10.6 Å². The second-order valence-corrected chi connectivity index (χ2v) is 8.53. The SMILES string of the molecule is C=c1oc2c(-c3ccc(-c4nc(-c5ccccc5)nc(-c5ccccc5)n4)cc3)cccc2c1=CC. The van der Waals surface area contributed by atoms with Gasteiger partial charge in [0.25, 0.3) is 0 Å². The molecule has 0 fully saturated rings. The van der Waals surface area contributed by atoms with Gasteiger partial charge in [-0.05, 0) is 12.5 Å². The lowest BCUT2D eigenvalue weighted by Gasteiger charge is -2.09. The van der Waals surface area contributed by atoms with E-state index in [-0.39, 0.29) is 0 Å². The van der Waals surface area contributed by atoms with Gasteiger partial charge in [-0.25, -0.2) is 15.0 Å². The Bertz CT molecular complexity index is 1730. The Morgan fingerprint density at radius 1 is 0.583 bits per heavy atom. The largest absolute Gasteiger partial charge is 0.456 e. The predicted octanol–water partition coefficient (Wildman–Crippen LogP) is 6.50. The molecular formula is C32H23N3O. The predicted molar refractivity (Wildman–Crippen MR) is 146 cm³/mol. The maximum Gasteiger partial charge on any atom is 0.164 e. The van der Waals surface area contributed by atoms with Gasteiger partial charge in [0.05, 0.1) is 0 Å². The van der Waals surface area contributed by atoms with E-state index in [1.54, 1.807) is 0 Å². The Kier molecular flexibility index (Phi) is 5.47. The highest BCUT2D eigenvalue weighted by molar-refractivity contribution is 5.93. The summed E-state index contributed by atoms with van der Waals surface area (Å²) in [5.41, 5.74) is 6.44. The van der Waals surface area contributed by atoms with Gasteiger partial charge in [0.1, 0.15) is 11.0 Å². The molecule has 4 heteroatoms. The van der Waals surface area contributed by atoms with Crippen LogP contribution in [0, 0.1) is 0 Å². The summed E-state index contributed by atoms with van der Waals surface area (Å²) in [6.07, 6.45) is 2.04. The zero-order chi connectivity index (χ0) is 24.5. The molecule has 0 N–H and O–H groups in total. The number of fused-ring (bicyclic) bond motifs is 1. The van der Waals surface area contributed by atoms with E-state index in [9.17, 15) is 0 Å². The van der Waals surface area contributed by atoms with Crippen molar-refractivity contribution in [3.05, 3.63) is 114 Å². The van der Waals surface area contributed by atoms with Crippen molar-refractivity contribution in [3.63, 3.8) is 0 Å². The molecule has 0 radical (unpaired) electrons. The van der Waals surface area contributed by atoms with E-state index in [0.29, 0.717) is 22.9 Å². The summed E-state index contributed by atoms with van der Waals surface area (Å²) in [7, 11) is 0. The van der Waals surface area contributed by atoms with Crippen LogP contribution in [-0.2, 0) is 0 Å². The standard InChI is InChI=1S/C32H23N3O/c1-3-26-21(2)36-29-27(15-10-16-28(26)29)22-17-19-25(20-18-22)32-34-30(23-11-6-4-7-12-23)33-31(35-32)24-13-8-5-9-14-24/h3-20H,2H2,1H3. The summed E-state index contributed by atoms with van der Waals surface area (Å²) in [5, 5.41) is 2.11. The van der Waals surface area contributed by atoms with Crippen molar-refractivity contribution in [3.8, 4) is 45.3 Å². The Hall–Kier alpha value is -4.83. The van der Waals surface area contributed by atoms with Crippen molar-refractivity contribution in [2.75, 3.05) is 0 Å². The summed E-state index contributed by atoms with van der Waals surface area (Å²) in [5.74, 6) is 1.93. The molecule has 6 rings (SSSR count). The molecule has 0 unspecified atom stereocenters. The lowest BCUT2D eigenvalue weighted by Crippen LogP contribution is -2.16. The first-order valence-corrected chi connectivity index (χ1v) is 11.9. The van der Waals surface area contributed by atoms with E-state index in [2.05, 4.69) is 36.9 Å². The average molecular weight is 466 g/mol. The van der Waals surface area contributed by atoms with Gasteiger partial charge >= 0.3 is 0 Å². The van der Waals surface area contributed by atoms with Crippen LogP contribution in [0.3, 0.4) is 0 Å². The normalized spacial score (nSPS) is 11.8. The first kappa shape index (κ1) is 21.7. The smallest absolute Gasteiger partial charge is 0.164 e. The third kappa shape index (κ3) is 3.89. The van der Waals surface area contributed by atoms with Gasteiger partial charge in [-0.2, -0.15) is 0 Å². The maximum atomic E-state index is 6.04. The third-order valence-corrected chi connectivity index (χ3v) is 6.27. The summed E-state index contributed by atoms with van der Waals surface area (Å²) in [6, 6.07) is 34.5. The zero-order valence-corrected chi connectivity index (χ0v) is 19.8. The number of nitrogens with zero attached hydrogens (tertiary/aromatic N) is 3. The quantitative estimate of drug-likeness (QED) is 0.298. The molecule has 0 spiro atoms. The molecule has 2 heterocycles. The molecule has 4 aromatic carbocycles. The fourth-order valence-electron chi connectivity index (χ4n) is 4.47. The summed E-state index contributed by atoms with van der Waals surface area (Å²) in [4.78, 5) is 14.4. The Balaban J connectivity index is 1.46. The fourth-order valence-corrected chi connectivity index (χ4v) is 4.47. The monoisotopic (exact) mass is 465 g/mol. The number of benzene rings is 4. The van der Waals surface area contributed by atoms with Crippen LogP contribution >= 0.6 is 0 Å². The van der Waals surface area contributed by atoms with Crippen molar-refractivity contribution in [1.82, 2.24) is 15.0 Å². The fraction of sp³-hybridized carbons (Fsp3) is 0.0312. The van der Waals surface area contributed by atoms with Crippen molar-refractivity contribution in [2.45, 2.75) is 6.92 Å². The Labute approximate surface area is 209 Å². The molecule has 0 saturated carbocycles. The van der Waals surface area contributed by atoms with E-state index >= 15 is 0 Å². The highest BCUT2D eigenvalue weighted by Gasteiger charge is 2.13. The van der Waals surface area contributed by atoms with E-state index in [1.807, 2.05) is 85.8 Å². The molecule has 4 nitrogen and oxygen atoms in total. The molecule has 0 aliphatic carbocycles. The average Bonchev–Trinajstić information content (AvgIpc) is 3.28. The van der Waals surface area contributed by atoms with E-state index in [0.717, 1.165) is 44.0 Å². The first-order valence-electron chi connectivity index (χ1n) is 11.9. The molecule has 2 aromatic heterocycles. The number of hydrogen-bond donors (Lipinski definition) is 0. The van der Waals surface area contributed by atoms with E-state index in [1.165, 1.54) is 0 Å². The molecule has 0 saturated heterocycles. The minimum Gasteiger partial charge on any atom is -0.456 e. The van der Waals surface area contributed by atoms with Crippen LogP contribution in [0.2, 0.25) is 0 Å². The molecule has 0 aliphatic rings. The highest BCUT2D eigenvalue weighted by Crippen LogP contribution is 2.30. The highest BCUT2D eigenvalue weighted by atomic mass is 16.3. The number of hydrogen-bond acceptors (Lipinski definition) is 4. The molecule has 0 amide bonds. The summed E-state index contributed by atoms with van der Waals surface area (Å²) < 4.78 is 6.04. The lowest BCUT2D eigenvalue weighted by molar-refractivity contribution is 0.578. The van der Waals surface area contributed by atoms with Crippen LogP contribution in [0.25, 0.3) is 68.9 Å². The first-order chi connectivity index (χ1) is 17.7. The van der Waals surface area contributed by atoms with Gasteiger partial charge in [0.2, 0.25) is 0 Å². The number of aromatic nitrogens is 3. The molecule has 172 valence electrons. The van der Waals surface area contributed by atoms with Gasteiger partial charge < -0.3 is 4.42 Å². The van der Waals surface area contributed by atoms with Crippen molar-refractivity contribution >= 4 is 23.6 Å². The van der Waals surface area contributed by atoms with Gasteiger partial charge in [0, 0.05) is 32.9 Å². The maximum absolute atomic E-state index is 6.04. The molecule has 0 atom stereocenters. The van der Waals surface area contributed by atoms with Crippen molar-refractivity contribution in [2.24, 2.45) is 0 Å². The van der Waals surface area contributed by atoms with Gasteiger partial charge in [0.15, 0.2) is 17.5 Å². The third-order valence-electron chi connectivity index (χ3n) is 6.27. The molecule has 0 bridgehead atoms. The summed E-state index contributed by atoms with van der Waals surface area (Å²) in [6.45, 7) is 6.07. The second kappa shape index (κ2) is 9.08. The lowest BCUT2D eigenvalue weighted by atomic mass is 10.0. The minimum absolute atomic E-state index is 0.633. The second-order valence-electron chi connectivity index (χ2n) is 8.53. The Morgan fingerprint density at radius 2 is 1.08 bits per heavy atom. The van der Waals surface area contributed by atoms with Gasteiger partial charge in [-0.3, -0.25) is 0 Å². The molecule has 6 aromatic rings. The van der Waals surface area contributed by atoms with Crippen molar-refractivity contribution in [1.29, 1.82) is 0 Å². The van der Waals surface area contributed by atoms with E-state index in [4.69, 9.17) is 19.4 Å².